The Bertz CT molecular complexity index is 707. The fraction of sp³-hybridized carbons (Fsp3) is 0.474. The van der Waals surface area contributed by atoms with Crippen molar-refractivity contribution in [3.63, 3.8) is 0 Å². The maximum atomic E-state index is 5.40. The second-order valence-corrected chi connectivity index (χ2v) is 5.82. The molecule has 0 radical (unpaired) electrons. The van der Waals surface area contributed by atoms with E-state index in [9.17, 15) is 0 Å². The lowest BCUT2D eigenvalue weighted by Gasteiger charge is -2.13. The monoisotopic (exact) mass is 472 g/mol. The minimum absolute atomic E-state index is 0. The van der Waals surface area contributed by atoms with Crippen molar-refractivity contribution in [3.05, 3.63) is 46.3 Å². The maximum absolute atomic E-state index is 5.40. The average molecular weight is 472 g/mol. The van der Waals surface area contributed by atoms with Crippen molar-refractivity contribution in [2.75, 3.05) is 14.2 Å². The highest BCUT2D eigenvalue weighted by atomic mass is 127. The van der Waals surface area contributed by atoms with Crippen LogP contribution in [0.4, 0.5) is 0 Å². The molecular weight excluding hydrogens is 443 g/mol. The zero-order chi connectivity index (χ0) is 18.2. The molecule has 0 aliphatic rings. The van der Waals surface area contributed by atoms with Crippen molar-refractivity contribution in [1.82, 2.24) is 15.8 Å². The summed E-state index contributed by atoms with van der Waals surface area (Å²) in [6.45, 7) is 7.54. The quantitative estimate of drug-likeness (QED) is 0.366. The van der Waals surface area contributed by atoms with Gasteiger partial charge in [-0.15, -0.1) is 24.0 Å². The number of guanidine groups is 1. The number of hydrogen-bond acceptors (Lipinski definition) is 4. The highest BCUT2D eigenvalue weighted by Crippen LogP contribution is 2.18. The molecule has 0 saturated heterocycles. The smallest absolute Gasteiger partial charge is 0.191 e. The summed E-state index contributed by atoms with van der Waals surface area (Å²) in [6.07, 6.45) is 1.69. The lowest BCUT2D eigenvalue weighted by Crippen LogP contribution is -2.36. The minimum atomic E-state index is 0. The van der Waals surface area contributed by atoms with Crippen LogP contribution in [0.25, 0.3) is 0 Å². The third-order valence-corrected chi connectivity index (χ3v) is 4.18. The van der Waals surface area contributed by atoms with Crippen LogP contribution in [0.2, 0.25) is 0 Å². The number of hydrogen-bond donors (Lipinski definition) is 2. The maximum Gasteiger partial charge on any atom is 0.191 e. The van der Waals surface area contributed by atoms with Gasteiger partial charge in [0.1, 0.15) is 11.5 Å². The van der Waals surface area contributed by atoms with Crippen molar-refractivity contribution in [1.29, 1.82) is 0 Å². The van der Waals surface area contributed by atoms with Crippen LogP contribution in [0.5, 0.6) is 5.75 Å². The SMILES string of the molecule is CCc1noc(CC)c1CNC(=NC)NCc1ccc(OC)c(C)c1.I. The normalized spacial score (nSPS) is 11.0. The van der Waals surface area contributed by atoms with E-state index < -0.39 is 0 Å². The summed E-state index contributed by atoms with van der Waals surface area (Å²) in [5, 5.41) is 10.8. The fourth-order valence-corrected chi connectivity index (χ4v) is 2.77. The van der Waals surface area contributed by atoms with Gasteiger partial charge in [-0.3, -0.25) is 4.99 Å². The van der Waals surface area contributed by atoms with Crippen LogP contribution < -0.4 is 15.4 Å². The van der Waals surface area contributed by atoms with Gasteiger partial charge in [0.2, 0.25) is 0 Å². The summed E-state index contributed by atoms with van der Waals surface area (Å²) in [6, 6.07) is 6.15. The zero-order valence-corrected chi connectivity index (χ0v) is 18.5. The number of methoxy groups -OCH3 is 1. The van der Waals surface area contributed by atoms with Crippen LogP contribution in [-0.4, -0.2) is 25.3 Å². The van der Waals surface area contributed by atoms with E-state index in [2.05, 4.69) is 46.8 Å². The van der Waals surface area contributed by atoms with Gasteiger partial charge >= 0.3 is 0 Å². The molecule has 7 heteroatoms. The summed E-state index contributed by atoms with van der Waals surface area (Å²) in [4.78, 5) is 4.29. The van der Waals surface area contributed by atoms with Gasteiger partial charge in [0.15, 0.2) is 5.96 Å². The van der Waals surface area contributed by atoms with Gasteiger partial charge in [-0.2, -0.15) is 0 Å². The molecule has 1 heterocycles. The van der Waals surface area contributed by atoms with Crippen LogP contribution in [-0.2, 0) is 25.9 Å². The molecule has 0 aliphatic carbocycles. The lowest BCUT2D eigenvalue weighted by atomic mass is 10.1. The lowest BCUT2D eigenvalue weighted by molar-refractivity contribution is 0.380. The first-order chi connectivity index (χ1) is 12.1. The molecule has 144 valence electrons. The predicted octanol–water partition coefficient (Wildman–Crippen LogP) is 3.60. The first-order valence-electron chi connectivity index (χ1n) is 8.67. The second-order valence-electron chi connectivity index (χ2n) is 5.82. The molecular formula is C19H29IN4O2. The Kier molecular flexibility index (Phi) is 9.47. The number of ether oxygens (including phenoxy) is 1. The summed E-state index contributed by atoms with van der Waals surface area (Å²) in [5.41, 5.74) is 4.43. The van der Waals surface area contributed by atoms with Gasteiger partial charge in [0.05, 0.1) is 12.8 Å². The summed E-state index contributed by atoms with van der Waals surface area (Å²) >= 11 is 0. The molecule has 1 aromatic heterocycles. The molecule has 0 aliphatic heterocycles. The number of aryl methyl sites for hydroxylation is 3. The Labute approximate surface area is 172 Å². The van der Waals surface area contributed by atoms with Gasteiger partial charge in [-0.05, 0) is 30.5 Å². The van der Waals surface area contributed by atoms with Crippen LogP contribution in [0, 0.1) is 6.92 Å². The number of benzene rings is 1. The molecule has 0 fully saturated rings. The van der Waals surface area contributed by atoms with Crippen molar-refractivity contribution < 1.29 is 9.26 Å². The molecule has 0 bridgehead atoms. The molecule has 0 atom stereocenters. The van der Waals surface area contributed by atoms with E-state index >= 15 is 0 Å². The molecule has 2 rings (SSSR count). The number of rotatable bonds is 7. The molecule has 0 spiro atoms. The Morgan fingerprint density at radius 1 is 1.19 bits per heavy atom. The standard InChI is InChI=1S/C19H28N4O2.HI/c1-6-16-15(17(7-2)25-23-16)12-22-19(20-4)21-11-14-8-9-18(24-5)13(3)10-14;/h8-10H,6-7,11-12H2,1-5H3,(H2,20,21,22);1H. The second kappa shape index (κ2) is 11.1. The van der Waals surface area contributed by atoms with Gasteiger partial charge in [0, 0.05) is 32.1 Å². The third-order valence-electron chi connectivity index (χ3n) is 4.18. The Morgan fingerprint density at radius 2 is 1.92 bits per heavy atom. The molecule has 26 heavy (non-hydrogen) atoms. The van der Waals surface area contributed by atoms with Gasteiger partial charge in [0.25, 0.3) is 0 Å². The highest BCUT2D eigenvalue weighted by molar-refractivity contribution is 14.0. The van der Waals surface area contributed by atoms with Crippen LogP contribution >= 0.6 is 24.0 Å². The van der Waals surface area contributed by atoms with E-state index in [0.29, 0.717) is 13.1 Å². The molecule has 0 amide bonds. The fourth-order valence-electron chi connectivity index (χ4n) is 2.77. The van der Waals surface area contributed by atoms with Crippen molar-refractivity contribution >= 4 is 29.9 Å². The van der Waals surface area contributed by atoms with Crippen molar-refractivity contribution in [2.45, 2.75) is 46.7 Å². The largest absolute Gasteiger partial charge is 0.496 e. The van der Waals surface area contributed by atoms with Gasteiger partial charge < -0.3 is 19.9 Å². The van der Waals surface area contributed by atoms with Gasteiger partial charge in [-0.25, -0.2) is 0 Å². The topological polar surface area (TPSA) is 71.7 Å². The third kappa shape index (κ3) is 5.62. The zero-order valence-electron chi connectivity index (χ0n) is 16.2. The first kappa shape index (κ1) is 22.3. The van der Waals surface area contributed by atoms with Crippen LogP contribution in [0.3, 0.4) is 0 Å². The summed E-state index contributed by atoms with van der Waals surface area (Å²) in [7, 11) is 3.45. The number of nitrogens with one attached hydrogen (secondary N) is 2. The van der Waals surface area contributed by atoms with E-state index in [-0.39, 0.29) is 24.0 Å². The van der Waals surface area contributed by atoms with Crippen LogP contribution in [0.15, 0.2) is 27.7 Å². The Morgan fingerprint density at radius 3 is 2.50 bits per heavy atom. The number of aliphatic imine (C=N–C) groups is 1. The number of nitrogens with zero attached hydrogens (tertiary/aromatic N) is 2. The van der Waals surface area contributed by atoms with Gasteiger partial charge in [-0.1, -0.05) is 31.1 Å². The van der Waals surface area contributed by atoms with E-state index in [4.69, 9.17) is 9.26 Å². The van der Waals surface area contributed by atoms with Crippen molar-refractivity contribution in [2.24, 2.45) is 4.99 Å². The molecule has 2 aromatic rings. The summed E-state index contributed by atoms with van der Waals surface area (Å²) in [5.74, 6) is 2.59. The Hall–Kier alpha value is -1.77. The molecule has 2 N–H and O–H groups in total. The molecule has 6 nitrogen and oxygen atoms in total. The minimum Gasteiger partial charge on any atom is -0.496 e. The molecule has 0 saturated carbocycles. The number of aromatic nitrogens is 1. The average Bonchev–Trinajstić information content (AvgIpc) is 3.04. The molecule has 1 aromatic carbocycles. The van der Waals surface area contributed by atoms with E-state index in [0.717, 1.165) is 47.1 Å². The molecule has 0 unspecified atom stereocenters. The van der Waals surface area contributed by atoms with E-state index in [1.807, 2.05) is 13.0 Å². The van der Waals surface area contributed by atoms with Crippen LogP contribution in [0.1, 0.15) is 42.0 Å². The highest BCUT2D eigenvalue weighted by Gasteiger charge is 2.13. The summed E-state index contributed by atoms with van der Waals surface area (Å²) < 4.78 is 10.7. The Balaban J connectivity index is 0.00000338. The number of halogens is 1. The van der Waals surface area contributed by atoms with E-state index in [1.54, 1.807) is 14.2 Å². The first-order valence-corrected chi connectivity index (χ1v) is 8.67. The van der Waals surface area contributed by atoms with E-state index in [1.165, 1.54) is 5.56 Å². The van der Waals surface area contributed by atoms with Crippen molar-refractivity contribution in [3.8, 4) is 5.75 Å². The predicted molar refractivity (Wildman–Crippen MR) is 115 cm³/mol.